The minimum atomic E-state index is -4.67. The SMILES string of the molecule is Cc1cccc(NC(=O)c2ccccc2NC(=O)c2ccccc2C(F)(F)F)c1. The highest BCUT2D eigenvalue weighted by atomic mass is 19.4. The second-order valence-electron chi connectivity index (χ2n) is 6.37. The standard InChI is InChI=1S/C22H17F3N2O2/c1-14-7-6-8-15(13-14)26-21(29)17-10-3-5-12-19(17)27-20(28)16-9-2-4-11-18(16)22(23,24)25/h2-13H,1H3,(H,26,29)(H,27,28). The van der Waals surface area contributed by atoms with Crippen LogP contribution in [0.5, 0.6) is 0 Å². The molecule has 0 unspecified atom stereocenters. The molecular weight excluding hydrogens is 381 g/mol. The normalized spacial score (nSPS) is 11.0. The molecule has 0 heterocycles. The van der Waals surface area contributed by atoms with E-state index >= 15 is 0 Å². The van der Waals surface area contributed by atoms with Crippen molar-refractivity contribution in [2.45, 2.75) is 13.1 Å². The highest BCUT2D eigenvalue weighted by molar-refractivity contribution is 6.12. The van der Waals surface area contributed by atoms with Gasteiger partial charge in [0.25, 0.3) is 11.8 Å². The summed E-state index contributed by atoms with van der Waals surface area (Å²) in [5, 5.41) is 5.14. The van der Waals surface area contributed by atoms with Gasteiger partial charge in [-0.1, -0.05) is 36.4 Å². The van der Waals surface area contributed by atoms with Crippen LogP contribution in [0.3, 0.4) is 0 Å². The number of benzene rings is 3. The van der Waals surface area contributed by atoms with Crippen molar-refractivity contribution in [3.8, 4) is 0 Å². The summed E-state index contributed by atoms with van der Waals surface area (Å²) in [5.74, 6) is -1.44. The molecule has 0 saturated heterocycles. The van der Waals surface area contributed by atoms with Crippen LogP contribution >= 0.6 is 0 Å². The molecule has 3 aromatic rings. The highest BCUT2D eigenvalue weighted by Crippen LogP contribution is 2.32. The maximum absolute atomic E-state index is 13.2. The molecular formula is C22H17F3N2O2. The van der Waals surface area contributed by atoms with Gasteiger partial charge in [0.1, 0.15) is 0 Å². The van der Waals surface area contributed by atoms with Crippen molar-refractivity contribution in [1.82, 2.24) is 0 Å². The summed E-state index contributed by atoms with van der Waals surface area (Å²) in [6.45, 7) is 1.88. The molecule has 3 rings (SSSR count). The first-order chi connectivity index (χ1) is 13.8. The second-order valence-corrected chi connectivity index (χ2v) is 6.37. The van der Waals surface area contributed by atoms with E-state index in [-0.39, 0.29) is 11.3 Å². The number of halogens is 3. The van der Waals surface area contributed by atoms with Gasteiger partial charge >= 0.3 is 6.18 Å². The van der Waals surface area contributed by atoms with Crippen molar-refractivity contribution in [1.29, 1.82) is 0 Å². The second kappa shape index (κ2) is 8.18. The summed E-state index contributed by atoms with van der Waals surface area (Å²) in [4.78, 5) is 25.2. The third kappa shape index (κ3) is 4.82. The Morgan fingerprint density at radius 3 is 2.07 bits per heavy atom. The molecule has 0 atom stereocenters. The van der Waals surface area contributed by atoms with Gasteiger partial charge in [-0.2, -0.15) is 13.2 Å². The fourth-order valence-corrected chi connectivity index (χ4v) is 2.83. The molecule has 4 nitrogen and oxygen atoms in total. The summed E-state index contributed by atoms with van der Waals surface area (Å²) in [5.41, 5.74) is 0.200. The number of alkyl halides is 3. The largest absolute Gasteiger partial charge is 0.417 e. The van der Waals surface area contributed by atoms with Crippen molar-refractivity contribution in [3.05, 3.63) is 95.1 Å². The molecule has 148 valence electrons. The Kier molecular flexibility index (Phi) is 5.68. The van der Waals surface area contributed by atoms with Crippen LogP contribution in [0.1, 0.15) is 31.8 Å². The van der Waals surface area contributed by atoms with Gasteiger partial charge in [0, 0.05) is 5.69 Å². The van der Waals surface area contributed by atoms with Crippen molar-refractivity contribution in [3.63, 3.8) is 0 Å². The van der Waals surface area contributed by atoms with Crippen LogP contribution in [-0.4, -0.2) is 11.8 Å². The minimum Gasteiger partial charge on any atom is -0.322 e. The first kappa shape index (κ1) is 20.1. The van der Waals surface area contributed by atoms with E-state index in [1.807, 2.05) is 13.0 Å². The average Bonchev–Trinajstić information content (AvgIpc) is 2.67. The van der Waals surface area contributed by atoms with Gasteiger partial charge in [-0.25, -0.2) is 0 Å². The molecule has 0 fully saturated rings. The molecule has 3 aromatic carbocycles. The zero-order valence-electron chi connectivity index (χ0n) is 15.4. The van der Waals surface area contributed by atoms with E-state index in [9.17, 15) is 22.8 Å². The third-order valence-corrected chi connectivity index (χ3v) is 4.17. The van der Waals surface area contributed by atoms with E-state index in [0.717, 1.165) is 17.7 Å². The quantitative estimate of drug-likeness (QED) is 0.608. The average molecular weight is 398 g/mol. The van der Waals surface area contributed by atoms with Crippen LogP contribution in [0, 0.1) is 6.92 Å². The fraction of sp³-hybridized carbons (Fsp3) is 0.0909. The number of carbonyl (C=O) groups is 2. The van der Waals surface area contributed by atoms with E-state index < -0.39 is 29.1 Å². The first-order valence-electron chi connectivity index (χ1n) is 8.70. The van der Waals surface area contributed by atoms with Crippen LogP contribution in [0.4, 0.5) is 24.5 Å². The van der Waals surface area contributed by atoms with Crippen molar-refractivity contribution in [2.75, 3.05) is 10.6 Å². The lowest BCUT2D eigenvalue weighted by Crippen LogP contribution is -2.21. The smallest absolute Gasteiger partial charge is 0.322 e. The molecule has 7 heteroatoms. The number of rotatable bonds is 4. The Morgan fingerprint density at radius 2 is 1.38 bits per heavy atom. The minimum absolute atomic E-state index is 0.111. The lowest BCUT2D eigenvalue weighted by Gasteiger charge is -2.14. The molecule has 0 aliphatic heterocycles. The van der Waals surface area contributed by atoms with E-state index in [1.54, 1.807) is 30.3 Å². The van der Waals surface area contributed by atoms with Gasteiger partial charge < -0.3 is 10.6 Å². The maximum atomic E-state index is 13.2. The van der Waals surface area contributed by atoms with Gasteiger partial charge in [0.15, 0.2) is 0 Å². The van der Waals surface area contributed by atoms with Crippen LogP contribution in [0.2, 0.25) is 0 Å². The van der Waals surface area contributed by atoms with Gasteiger partial charge in [-0.3, -0.25) is 9.59 Å². The molecule has 0 bridgehead atoms. The molecule has 0 aliphatic carbocycles. The highest BCUT2D eigenvalue weighted by Gasteiger charge is 2.35. The number of hydrogen-bond acceptors (Lipinski definition) is 2. The number of carbonyl (C=O) groups excluding carboxylic acids is 2. The number of hydrogen-bond donors (Lipinski definition) is 2. The summed E-state index contributed by atoms with van der Waals surface area (Å²) in [6.07, 6.45) is -4.67. The van der Waals surface area contributed by atoms with Gasteiger partial charge in [-0.05, 0) is 48.9 Å². The Hall–Kier alpha value is -3.61. The van der Waals surface area contributed by atoms with Gasteiger partial charge in [0.2, 0.25) is 0 Å². The number of nitrogens with one attached hydrogen (secondary N) is 2. The lowest BCUT2D eigenvalue weighted by atomic mass is 10.1. The van der Waals surface area contributed by atoms with E-state index in [1.165, 1.54) is 24.3 Å². The molecule has 0 saturated carbocycles. The molecule has 0 aromatic heterocycles. The number of anilines is 2. The van der Waals surface area contributed by atoms with Gasteiger partial charge in [0.05, 0.1) is 22.4 Å². The van der Waals surface area contributed by atoms with Crippen LogP contribution in [0.15, 0.2) is 72.8 Å². The lowest BCUT2D eigenvalue weighted by molar-refractivity contribution is -0.137. The van der Waals surface area contributed by atoms with Gasteiger partial charge in [-0.15, -0.1) is 0 Å². The Morgan fingerprint density at radius 1 is 0.759 bits per heavy atom. The predicted molar refractivity (Wildman–Crippen MR) is 105 cm³/mol. The summed E-state index contributed by atoms with van der Waals surface area (Å²) < 4.78 is 39.6. The van der Waals surface area contributed by atoms with E-state index in [0.29, 0.717) is 5.69 Å². The van der Waals surface area contributed by atoms with E-state index in [2.05, 4.69) is 10.6 Å². The van der Waals surface area contributed by atoms with Crippen LogP contribution < -0.4 is 10.6 Å². The van der Waals surface area contributed by atoms with E-state index in [4.69, 9.17) is 0 Å². The Bertz CT molecular complexity index is 1060. The van der Waals surface area contributed by atoms with Crippen molar-refractivity contribution in [2.24, 2.45) is 0 Å². The third-order valence-electron chi connectivity index (χ3n) is 4.17. The number of amides is 2. The Balaban J connectivity index is 1.87. The molecule has 29 heavy (non-hydrogen) atoms. The number of para-hydroxylation sites is 1. The molecule has 0 radical (unpaired) electrons. The van der Waals surface area contributed by atoms with Crippen LogP contribution in [-0.2, 0) is 6.18 Å². The summed E-state index contributed by atoms with van der Waals surface area (Å²) in [6, 6.07) is 17.8. The van der Waals surface area contributed by atoms with Crippen molar-refractivity contribution >= 4 is 23.2 Å². The Labute approximate surface area is 165 Å². The fourth-order valence-electron chi connectivity index (χ4n) is 2.83. The van der Waals surface area contributed by atoms with Crippen LogP contribution in [0.25, 0.3) is 0 Å². The zero-order valence-corrected chi connectivity index (χ0v) is 15.4. The first-order valence-corrected chi connectivity index (χ1v) is 8.70. The topological polar surface area (TPSA) is 58.2 Å². The summed E-state index contributed by atoms with van der Waals surface area (Å²) in [7, 11) is 0. The molecule has 2 amide bonds. The molecule has 0 spiro atoms. The summed E-state index contributed by atoms with van der Waals surface area (Å²) >= 11 is 0. The number of aryl methyl sites for hydroxylation is 1. The molecule has 2 N–H and O–H groups in total. The monoisotopic (exact) mass is 398 g/mol. The van der Waals surface area contributed by atoms with Crippen molar-refractivity contribution < 1.29 is 22.8 Å². The maximum Gasteiger partial charge on any atom is 0.417 e. The zero-order chi connectivity index (χ0) is 21.0. The predicted octanol–water partition coefficient (Wildman–Crippen LogP) is 5.52. The molecule has 0 aliphatic rings.